The minimum Gasteiger partial charge on any atom is -0.351 e. The molecule has 0 amide bonds. The van der Waals surface area contributed by atoms with E-state index in [1.807, 2.05) is 6.07 Å². The zero-order valence-corrected chi connectivity index (χ0v) is 15.1. The van der Waals surface area contributed by atoms with Crippen molar-refractivity contribution >= 4 is 34.5 Å². The highest BCUT2D eigenvalue weighted by Crippen LogP contribution is 2.37. The van der Waals surface area contributed by atoms with Gasteiger partial charge in [-0.1, -0.05) is 35.9 Å². The number of benzene rings is 3. The molecular weight excluding hydrogens is 405 g/mol. The molecule has 8 heteroatoms. The molecule has 4 rings (SSSR count). The van der Waals surface area contributed by atoms with Gasteiger partial charge in [0.25, 0.3) is 0 Å². The van der Waals surface area contributed by atoms with Crippen molar-refractivity contribution in [2.45, 2.75) is 0 Å². The summed E-state index contributed by atoms with van der Waals surface area (Å²) in [6.07, 6.45) is 0. The van der Waals surface area contributed by atoms with Gasteiger partial charge in [0.1, 0.15) is 11.8 Å². The Labute approximate surface area is 167 Å². The molecule has 1 aliphatic rings. The number of nitriles is 1. The van der Waals surface area contributed by atoms with Gasteiger partial charge in [0.15, 0.2) is 29.0 Å². The Hall–Kier alpha value is -3.63. The molecule has 0 atom stereocenters. The van der Waals surface area contributed by atoms with Crippen molar-refractivity contribution in [2.24, 2.45) is 0 Å². The van der Waals surface area contributed by atoms with Crippen molar-refractivity contribution in [3.63, 3.8) is 0 Å². The molecule has 0 saturated heterocycles. The fourth-order valence-corrected chi connectivity index (χ4v) is 3.40. The normalized spacial score (nSPS) is 12.2. The van der Waals surface area contributed by atoms with Gasteiger partial charge >= 0.3 is 0 Å². The Morgan fingerprint density at radius 3 is 2.00 bits per heavy atom. The van der Waals surface area contributed by atoms with Crippen LogP contribution in [-0.2, 0) is 0 Å². The average molecular weight is 413 g/mol. The van der Waals surface area contributed by atoms with Crippen molar-refractivity contribution in [1.29, 1.82) is 5.26 Å². The SMILES string of the molecule is N#Cc1ccc(Nc2c(F)c(F)c3c(c2F)C(=O)c2ccccc2C3=O)cc1Cl. The monoisotopic (exact) mass is 412 g/mol. The molecule has 0 aliphatic heterocycles. The molecule has 3 aromatic rings. The van der Waals surface area contributed by atoms with Gasteiger partial charge in [-0.3, -0.25) is 9.59 Å². The van der Waals surface area contributed by atoms with Crippen molar-refractivity contribution in [3.05, 3.63) is 92.8 Å². The Morgan fingerprint density at radius 1 is 0.862 bits per heavy atom. The van der Waals surface area contributed by atoms with E-state index in [1.54, 1.807) is 0 Å². The van der Waals surface area contributed by atoms with Crippen molar-refractivity contribution in [2.75, 3.05) is 5.32 Å². The van der Waals surface area contributed by atoms with E-state index in [0.29, 0.717) is 0 Å². The van der Waals surface area contributed by atoms with Crippen LogP contribution in [0.1, 0.15) is 37.4 Å². The highest BCUT2D eigenvalue weighted by atomic mass is 35.5. The zero-order chi connectivity index (χ0) is 20.9. The quantitative estimate of drug-likeness (QED) is 0.462. The van der Waals surface area contributed by atoms with Crippen LogP contribution >= 0.6 is 11.6 Å². The Kier molecular flexibility index (Phi) is 4.36. The summed E-state index contributed by atoms with van der Waals surface area (Å²) < 4.78 is 44.5. The number of anilines is 2. The number of nitrogens with zero attached hydrogens (tertiary/aromatic N) is 1. The Bertz CT molecular complexity index is 1280. The number of hydrogen-bond acceptors (Lipinski definition) is 4. The largest absolute Gasteiger partial charge is 0.351 e. The molecule has 0 spiro atoms. The molecule has 1 aliphatic carbocycles. The first-order valence-electron chi connectivity index (χ1n) is 8.20. The lowest BCUT2D eigenvalue weighted by atomic mass is 9.83. The van der Waals surface area contributed by atoms with Crippen LogP contribution in [0.15, 0.2) is 42.5 Å². The van der Waals surface area contributed by atoms with Gasteiger partial charge in [-0.2, -0.15) is 5.26 Å². The predicted octanol–water partition coefficient (Wildman–Crippen LogP) is 5.15. The molecule has 3 aromatic carbocycles. The van der Waals surface area contributed by atoms with E-state index in [4.69, 9.17) is 16.9 Å². The maximum Gasteiger partial charge on any atom is 0.197 e. The number of hydrogen-bond donors (Lipinski definition) is 1. The minimum atomic E-state index is -1.65. The fraction of sp³-hybridized carbons (Fsp3) is 0. The zero-order valence-electron chi connectivity index (χ0n) is 14.3. The lowest BCUT2D eigenvalue weighted by Gasteiger charge is -2.21. The molecule has 29 heavy (non-hydrogen) atoms. The van der Waals surface area contributed by atoms with Crippen LogP contribution in [0.25, 0.3) is 0 Å². The molecule has 4 nitrogen and oxygen atoms in total. The number of fused-ring (bicyclic) bond motifs is 2. The Balaban J connectivity index is 1.90. The van der Waals surface area contributed by atoms with Gasteiger partial charge < -0.3 is 5.32 Å². The third kappa shape index (κ3) is 2.77. The van der Waals surface area contributed by atoms with E-state index in [1.165, 1.54) is 42.5 Å². The minimum absolute atomic E-state index is 0.0110. The number of rotatable bonds is 2. The van der Waals surface area contributed by atoms with Gasteiger partial charge in [-0.05, 0) is 18.2 Å². The first-order chi connectivity index (χ1) is 13.8. The molecule has 1 N–H and O–H groups in total. The van der Waals surface area contributed by atoms with Crippen LogP contribution in [0.2, 0.25) is 5.02 Å². The van der Waals surface area contributed by atoms with Crippen LogP contribution in [0.5, 0.6) is 0 Å². The topological polar surface area (TPSA) is 70.0 Å². The summed E-state index contributed by atoms with van der Waals surface area (Å²) in [6.45, 7) is 0. The maximum absolute atomic E-state index is 15.1. The number of halogens is 4. The molecule has 0 bridgehead atoms. The van der Waals surface area contributed by atoms with Gasteiger partial charge in [-0.15, -0.1) is 0 Å². The van der Waals surface area contributed by atoms with Crippen LogP contribution < -0.4 is 5.32 Å². The van der Waals surface area contributed by atoms with Crippen molar-refractivity contribution in [3.8, 4) is 6.07 Å². The maximum atomic E-state index is 15.1. The second-order valence-electron chi connectivity index (χ2n) is 6.20. The van der Waals surface area contributed by atoms with E-state index < -0.39 is 45.8 Å². The van der Waals surface area contributed by atoms with E-state index in [2.05, 4.69) is 5.32 Å². The molecule has 142 valence electrons. The number of carbonyl (C=O) groups is 2. The summed E-state index contributed by atoms with van der Waals surface area (Å²) >= 11 is 5.90. The third-order valence-electron chi connectivity index (χ3n) is 4.55. The molecule has 0 heterocycles. The third-order valence-corrected chi connectivity index (χ3v) is 4.86. The van der Waals surface area contributed by atoms with Gasteiger partial charge in [0.05, 0.1) is 21.7 Å². The van der Waals surface area contributed by atoms with E-state index in [9.17, 15) is 18.4 Å². The summed E-state index contributed by atoms with van der Waals surface area (Å²) in [6, 6.07) is 11.2. The number of ketones is 2. The predicted molar refractivity (Wildman–Crippen MR) is 99.1 cm³/mol. The first kappa shape index (κ1) is 18.7. The van der Waals surface area contributed by atoms with Gasteiger partial charge in [-0.25, -0.2) is 13.2 Å². The number of carbonyl (C=O) groups excluding carboxylic acids is 2. The average Bonchev–Trinajstić information content (AvgIpc) is 2.72. The lowest BCUT2D eigenvalue weighted by molar-refractivity contribution is 0.0971. The highest BCUT2D eigenvalue weighted by Gasteiger charge is 2.38. The number of nitrogens with one attached hydrogen (secondary N) is 1. The van der Waals surface area contributed by atoms with E-state index >= 15 is 4.39 Å². The molecule has 0 radical (unpaired) electrons. The van der Waals surface area contributed by atoms with Crippen LogP contribution in [0, 0.1) is 28.8 Å². The Morgan fingerprint density at radius 2 is 1.45 bits per heavy atom. The molecule has 0 saturated carbocycles. The first-order valence-corrected chi connectivity index (χ1v) is 8.58. The van der Waals surface area contributed by atoms with Crippen LogP contribution in [0.3, 0.4) is 0 Å². The summed E-state index contributed by atoms with van der Waals surface area (Å²) in [5.41, 5.74) is -2.75. The summed E-state index contributed by atoms with van der Waals surface area (Å²) in [5, 5.41) is 11.2. The van der Waals surface area contributed by atoms with Crippen molar-refractivity contribution in [1.82, 2.24) is 0 Å². The second-order valence-corrected chi connectivity index (χ2v) is 6.61. The highest BCUT2D eigenvalue weighted by molar-refractivity contribution is 6.32. The summed E-state index contributed by atoms with van der Waals surface area (Å²) in [4.78, 5) is 25.3. The molecule has 0 unspecified atom stereocenters. The van der Waals surface area contributed by atoms with E-state index in [0.717, 1.165) is 0 Å². The standard InChI is InChI=1S/C21H8ClF3N2O2/c22-13-7-10(6-5-9(13)8-26)27-19-17(24)15-14(16(23)18(19)25)20(28)11-3-1-2-4-12(11)21(15)29/h1-7,27H. The van der Waals surface area contributed by atoms with Crippen molar-refractivity contribution < 1.29 is 22.8 Å². The van der Waals surface area contributed by atoms with Gasteiger partial charge in [0, 0.05) is 16.8 Å². The molecule has 0 fully saturated rings. The summed E-state index contributed by atoms with van der Waals surface area (Å²) in [5.74, 6) is -6.57. The smallest absolute Gasteiger partial charge is 0.197 e. The van der Waals surface area contributed by atoms with Gasteiger partial charge in [0.2, 0.25) is 0 Å². The summed E-state index contributed by atoms with van der Waals surface area (Å²) in [7, 11) is 0. The molecular formula is C21H8ClF3N2O2. The molecule has 0 aromatic heterocycles. The van der Waals surface area contributed by atoms with Crippen LogP contribution in [-0.4, -0.2) is 11.6 Å². The van der Waals surface area contributed by atoms with Crippen LogP contribution in [0.4, 0.5) is 24.5 Å². The fourth-order valence-electron chi connectivity index (χ4n) is 3.17. The van der Waals surface area contributed by atoms with E-state index in [-0.39, 0.29) is 27.4 Å². The lowest BCUT2D eigenvalue weighted by Crippen LogP contribution is -2.25. The second kappa shape index (κ2) is 6.76.